The highest BCUT2D eigenvalue weighted by atomic mass is 32.1. The molecule has 0 aromatic heterocycles. The van der Waals surface area contributed by atoms with Crippen LogP contribution in [0.1, 0.15) is 17.3 Å². The average molecular weight is 280 g/mol. The molecule has 1 unspecified atom stereocenters. The fourth-order valence-electron chi connectivity index (χ4n) is 1.69. The van der Waals surface area contributed by atoms with Crippen LogP contribution in [0.2, 0.25) is 0 Å². The smallest absolute Gasteiger partial charge is 0.255 e. The molecule has 0 fully saturated rings. The largest absolute Gasteiger partial charge is 0.486 e. The Morgan fingerprint density at radius 1 is 1.47 bits per heavy atom. The molecule has 6 heteroatoms. The van der Waals surface area contributed by atoms with Crippen molar-refractivity contribution >= 4 is 23.1 Å². The van der Waals surface area contributed by atoms with Gasteiger partial charge in [-0.2, -0.15) is 0 Å². The number of nitrogens with one attached hydrogen (secondary N) is 1. The highest BCUT2D eigenvalue weighted by Crippen LogP contribution is 2.33. The van der Waals surface area contributed by atoms with Crippen molar-refractivity contribution in [2.24, 2.45) is 11.7 Å². The predicted molar refractivity (Wildman–Crippen MR) is 75.7 cm³/mol. The molecule has 0 bridgehead atoms. The van der Waals surface area contributed by atoms with Gasteiger partial charge in [-0.05, 0) is 12.1 Å². The van der Waals surface area contributed by atoms with Gasteiger partial charge in [0.25, 0.3) is 5.91 Å². The van der Waals surface area contributed by atoms with E-state index in [1.165, 1.54) is 0 Å². The van der Waals surface area contributed by atoms with Crippen LogP contribution in [0.4, 0.5) is 0 Å². The molecule has 1 aromatic rings. The number of hydrogen-bond donors (Lipinski definition) is 2. The lowest BCUT2D eigenvalue weighted by molar-refractivity contribution is 0.0940. The average Bonchev–Trinajstić information content (AvgIpc) is 2.43. The van der Waals surface area contributed by atoms with Gasteiger partial charge in [0.1, 0.15) is 13.2 Å². The van der Waals surface area contributed by atoms with E-state index in [2.05, 4.69) is 5.32 Å². The summed E-state index contributed by atoms with van der Waals surface area (Å²) in [6.07, 6.45) is 0. The van der Waals surface area contributed by atoms with Gasteiger partial charge in [0.05, 0.1) is 10.6 Å². The molecule has 0 saturated carbocycles. The molecule has 1 aliphatic heterocycles. The summed E-state index contributed by atoms with van der Waals surface area (Å²) in [7, 11) is 0. The molecule has 0 saturated heterocycles. The van der Waals surface area contributed by atoms with E-state index >= 15 is 0 Å². The van der Waals surface area contributed by atoms with Gasteiger partial charge in [-0.1, -0.05) is 25.2 Å². The van der Waals surface area contributed by atoms with E-state index < -0.39 is 0 Å². The molecule has 19 heavy (non-hydrogen) atoms. The van der Waals surface area contributed by atoms with Gasteiger partial charge in [0.2, 0.25) is 0 Å². The van der Waals surface area contributed by atoms with Crippen molar-refractivity contribution in [3.05, 3.63) is 23.8 Å². The van der Waals surface area contributed by atoms with E-state index in [0.717, 1.165) is 0 Å². The van der Waals surface area contributed by atoms with Crippen molar-refractivity contribution in [1.82, 2.24) is 5.32 Å². The third-order valence-electron chi connectivity index (χ3n) is 2.87. The van der Waals surface area contributed by atoms with Crippen molar-refractivity contribution in [2.75, 3.05) is 19.8 Å². The molecule has 0 radical (unpaired) electrons. The molecule has 102 valence electrons. The second-order valence-corrected chi connectivity index (χ2v) is 4.81. The van der Waals surface area contributed by atoms with E-state index in [4.69, 9.17) is 27.4 Å². The Kier molecular flexibility index (Phi) is 4.21. The number of thiocarbonyl (C=S) groups is 1. The van der Waals surface area contributed by atoms with Crippen LogP contribution >= 0.6 is 12.2 Å². The number of ether oxygens (including phenoxy) is 2. The molecule has 0 aliphatic carbocycles. The Bertz CT molecular complexity index is 505. The van der Waals surface area contributed by atoms with Gasteiger partial charge < -0.3 is 20.5 Å². The third-order valence-corrected chi connectivity index (χ3v) is 3.27. The maximum Gasteiger partial charge on any atom is 0.255 e. The van der Waals surface area contributed by atoms with Gasteiger partial charge in [0.15, 0.2) is 11.5 Å². The maximum absolute atomic E-state index is 12.1. The fraction of sp³-hybridized carbons (Fsp3) is 0.385. The van der Waals surface area contributed by atoms with E-state index in [9.17, 15) is 4.79 Å². The summed E-state index contributed by atoms with van der Waals surface area (Å²) in [6, 6.07) is 5.25. The number of benzene rings is 1. The van der Waals surface area contributed by atoms with Crippen LogP contribution in [-0.4, -0.2) is 30.7 Å². The normalized spacial score (nSPS) is 14.6. The highest BCUT2D eigenvalue weighted by molar-refractivity contribution is 7.80. The number of para-hydroxylation sites is 1. The summed E-state index contributed by atoms with van der Waals surface area (Å²) in [4.78, 5) is 12.5. The molecule has 0 spiro atoms. The van der Waals surface area contributed by atoms with Crippen molar-refractivity contribution < 1.29 is 14.3 Å². The summed E-state index contributed by atoms with van der Waals surface area (Å²) in [5, 5.41) is 2.79. The van der Waals surface area contributed by atoms with E-state index in [1.807, 2.05) is 6.92 Å². The molecule has 1 atom stereocenters. The van der Waals surface area contributed by atoms with Gasteiger partial charge in [-0.15, -0.1) is 0 Å². The molecule has 3 N–H and O–H groups in total. The van der Waals surface area contributed by atoms with Crippen molar-refractivity contribution in [3.8, 4) is 11.5 Å². The Labute approximate surface area is 117 Å². The molecule has 5 nitrogen and oxygen atoms in total. The van der Waals surface area contributed by atoms with E-state index in [0.29, 0.717) is 41.8 Å². The molecular weight excluding hydrogens is 264 g/mol. The highest BCUT2D eigenvalue weighted by Gasteiger charge is 2.20. The molecule has 1 amide bonds. The van der Waals surface area contributed by atoms with E-state index in [-0.39, 0.29) is 11.8 Å². The lowest BCUT2D eigenvalue weighted by Gasteiger charge is -2.20. The zero-order valence-electron chi connectivity index (χ0n) is 10.6. The predicted octanol–water partition coefficient (Wildman–Crippen LogP) is 1.11. The van der Waals surface area contributed by atoms with Crippen LogP contribution in [-0.2, 0) is 0 Å². The number of hydrogen-bond acceptors (Lipinski definition) is 4. The second-order valence-electron chi connectivity index (χ2n) is 4.34. The first-order valence-electron chi connectivity index (χ1n) is 6.05. The minimum absolute atomic E-state index is 0.0457. The molecule has 1 heterocycles. The first-order chi connectivity index (χ1) is 9.09. The summed E-state index contributed by atoms with van der Waals surface area (Å²) in [5.41, 5.74) is 5.97. The van der Waals surface area contributed by atoms with E-state index in [1.54, 1.807) is 18.2 Å². The monoisotopic (exact) mass is 280 g/mol. The molecule has 2 rings (SSSR count). The van der Waals surface area contributed by atoms with Gasteiger partial charge in [0, 0.05) is 12.5 Å². The van der Waals surface area contributed by atoms with Crippen molar-refractivity contribution in [1.29, 1.82) is 0 Å². The van der Waals surface area contributed by atoms with Crippen LogP contribution in [0.25, 0.3) is 0 Å². The SMILES string of the molecule is CC(CNC(=O)c1cccc2c1OCCO2)C(N)=S. The number of carbonyl (C=O) groups excluding carboxylic acids is 1. The molecular formula is C13H16N2O3S. The van der Waals surface area contributed by atoms with Crippen LogP contribution in [0, 0.1) is 5.92 Å². The minimum Gasteiger partial charge on any atom is -0.486 e. The molecule has 1 aliphatic rings. The Hall–Kier alpha value is -1.82. The van der Waals surface area contributed by atoms with Gasteiger partial charge in [-0.25, -0.2) is 0 Å². The number of nitrogens with two attached hydrogens (primary N) is 1. The number of carbonyl (C=O) groups is 1. The lowest BCUT2D eigenvalue weighted by Crippen LogP contribution is -2.34. The Balaban J connectivity index is 2.09. The third kappa shape index (κ3) is 3.14. The molecule has 1 aromatic carbocycles. The quantitative estimate of drug-likeness (QED) is 0.808. The van der Waals surface area contributed by atoms with Crippen LogP contribution in [0.5, 0.6) is 11.5 Å². The first-order valence-corrected chi connectivity index (χ1v) is 6.46. The summed E-state index contributed by atoms with van der Waals surface area (Å²) < 4.78 is 10.9. The van der Waals surface area contributed by atoms with Crippen molar-refractivity contribution in [2.45, 2.75) is 6.92 Å². The standard InChI is InChI=1S/C13H16N2O3S/c1-8(12(14)19)7-15-13(16)9-3-2-4-10-11(9)18-6-5-17-10/h2-4,8H,5-7H2,1H3,(H2,14,19)(H,15,16). The van der Waals surface area contributed by atoms with Crippen LogP contribution in [0.3, 0.4) is 0 Å². The maximum atomic E-state index is 12.1. The summed E-state index contributed by atoms with van der Waals surface area (Å²) in [5.74, 6) is 0.830. The zero-order valence-corrected chi connectivity index (χ0v) is 11.5. The topological polar surface area (TPSA) is 73.6 Å². The summed E-state index contributed by atoms with van der Waals surface area (Å²) in [6.45, 7) is 3.21. The van der Waals surface area contributed by atoms with Gasteiger partial charge in [-0.3, -0.25) is 4.79 Å². The summed E-state index contributed by atoms with van der Waals surface area (Å²) >= 11 is 4.87. The zero-order chi connectivity index (χ0) is 13.8. The van der Waals surface area contributed by atoms with Gasteiger partial charge >= 0.3 is 0 Å². The first kappa shape index (κ1) is 13.6. The number of fused-ring (bicyclic) bond motifs is 1. The minimum atomic E-state index is -0.217. The second kappa shape index (κ2) is 5.88. The Morgan fingerprint density at radius 3 is 2.95 bits per heavy atom. The number of rotatable bonds is 4. The van der Waals surface area contributed by atoms with Crippen LogP contribution < -0.4 is 20.5 Å². The lowest BCUT2D eigenvalue weighted by atomic mass is 10.1. The Morgan fingerprint density at radius 2 is 2.21 bits per heavy atom. The van der Waals surface area contributed by atoms with Crippen LogP contribution in [0.15, 0.2) is 18.2 Å². The number of amides is 1. The van der Waals surface area contributed by atoms with Crippen molar-refractivity contribution in [3.63, 3.8) is 0 Å². The fourth-order valence-corrected chi connectivity index (χ4v) is 1.78.